The number of carboxylic acids is 1. The predicted octanol–water partition coefficient (Wildman–Crippen LogP) is -0.0121. The maximum Gasteiger partial charge on any atom is 0.316 e. The molecule has 182 valence electrons. The van der Waals surface area contributed by atoms with Crippen LogP contribution in [0.1, 0.15) is 23.2 Å². The lowest BCUT2D eigenvalue weighted by Crippen LogP contribution is -2.44. The van der Waals surface area contributed by atoms with E-state index >= 15 is 0 Å². The van der Waals surface area contributed by atoms with E-state index in [9.17, 15) is 27.5 Å². The highest BCUT2D eigenvalue weighted by Gasteiger charge is 2.44. The molecule has 14 heteroatoms. The first-order chi connectivity index (χ1) is 15.4. The highest BCUT2D eigenvalue weighted by molar-refractivity contribution is 7.85. The summed E-state index contributed by atoms with van der Waals surface area (Å²) in [4.78, 5) is 37.0. The Labute approximate surface area is 189 Å². The first-order valence-electron chi connectivity index (χ1n) is 10.2. The topological polar surface area (TPSA) is 176 Å². The van der Waals surface area contributed by atoms with Crippen LogP contribution in [0.4, 0.5) is 16.0 Å². The Morgan fingerprint density at radius 3 is 2.52 bits per heavy atom. The maximum absolute atomic E-state index is 14.9. The molecule has 1 saturated heterocycles. The fourth-order valence-electron chi connectivity index (χ4n) is 3.90. The highest BCUT2D eigenvalue weighted by atomic mass is 32.2. The quantitative estimate of drug-likeness (QED) is 0.289. The van der Waals surface area contributed by atoms with E-state index in [2.05, 4.69) is 10.1 Å². The standard InChI is InChI=1S/C18H22FN5O4.CH4O3S/c1-28-22-14-8-23(6-9(14)5-20)17-13(19)4-11-15(25)12(18(26)27)7-24(10-2-3-10)16(11)21-17;1-5(2,3)4/h4,9-10,12H,2-3,5-8,20H2,1H3,(H,26,27);1H3,(H,2,3,4)/b22-14+;. The van der Waals surface area contributed by atoms with Crippen molar-refractivity contribution in [1.29, 1.82) is 0 Å². The molecule has 0 amide bonds. The summed E-state index contributed by atoms with van der Waals surface area (Å²) in [7, 11) is -2.22. The van der Waals surface area contributed by atoms with Crippen LogP contribution in [0.2, 0.25) is 0 Å². The van der Waals surface area contributed by atoms with E-state index in [1.807, 2.05) is 4.90 Å². The molecule has 1 aromatic rings. The molecular weight excluding hydrogens is 461 g/mol. The monoisotopic (exact) mass is 487 g/mol. The number of carbonyl (C=O) groups is 2. The average molecular weight is 488 g/mol. The molecule has 3 aliphatic rings. The third kappa shape index (κ3) is 5.75. The molecule has 4 rings (SSSR count). The minimum Gasteiger partial charge on any atom is -0.481 e. The number of pyridine rings is 1. The van der Waals surface area contributed by atoms with E-state index in [0.29, 0.717) is 37.4 Å². The van der Waals surface area contributed by atoms with Gasteiger partial charge in [0, 0.05) is 31.6 Å². The lowest BCUT2D eigenvalue weighted by Gasteiger charge is -2.33. The summed E-state index contributed by atoms with van der Waals surface area (Å²) in [5.41, 5.74) is 6.54. The Bertz CT molecular complexity index is 1070. The van der Waals surface area contributed by atoms with Crippen LogP contribution in [0, 0.1) is 17.7 Å². The van der Waals surface area contributed by atoms with Gasteiger partial charge in [-0.15, -0.1) is 0 Å². The molecule has 2 aliphatic heterocycles. The highest BCUT2D eigenvalue weighted by Crippen LogP contribution is 2.39. The molecule has 1 aromatic heterocycles. The van der Waals surface area contributed by atoms with Crippen molar-refractivity contribution in [2.75, 3.05) is 49.3 Å². The first kappa shape index (κ1) is 24.8. The molecule has 2 fully saturated rings. The van der Waals surface area contributed by atoms with E-state index in [0.717, 1.165) is 18.9 Å². The van der Waals surface area contributed by atoms with E-state index in [-0.39, 0.29) is 29.9 Å². The van der Waals surface area contributed by atoms with Gasteiger partial charge in [-0.05, 0) is 18.9 Å². The second kappa shape index (κ2) is 9.57. The number of aliphatic carboxylic acids is 1. The number of ketones is 1. The van der Waals surface area contributed by atoms with Crippen molar-refractivity contribution < 1.29 is 36.9 Å². The fraction of sp³-hybridized carbons (Fsp3) is 0.579. The van der Waals surface area contributed by atoms with Gasteiger partial charge in [0.1, 0.15) is 18.8 Å². The van der Waals surface area contributed by atoms with Gasteiger partial charge in [0.2, 0.25) is 0 Å². The number of oxime groups is 1. The van der Waals surface area contributed by atoms with Crippen LogP contribution < -0.4 is 15.5 Å². The second-order valence-corrected chi connectivity index (χ2v) is 9.58. The molecular formula is C19H26FN5O7S. The van der Waals surface area contributed by atoms with Crippen LogP contribution in [0.15, 0.2) is 11.2 Å². The molecule has 4 N–H and O–H groups in total. The second-order valence-electron chi connectivity index (χ2n) is 8.11. The van der Waals surface area contributed by atoms with Crippen LogP contribution in [-0.2, 0) is 19.8 Å². The maximum atomic E-state index is 14.9. The van der Waals surface area contributed by atoms with Gasteiger partial charge in [0.15, 0.2) is 17.4 Å². The third-order valence-corrected chi connectivity index (χ3v) is 5.51. The molecule has 3 heterocycles. The molecule has 0 spiro atoms. The van der Waals surface area contributed by atoms with Gasteiger partial charge in [-0.2, -0.15) is 8.42 Å². The number of hydrogen-bond acceptors (Lipinski definition) is 10. The predicted molar refractivity (Wildman–Crippen MR) is 117 cm³/mol. The van der Waals surface area contributed by atoms with Crippen LogP contribution in [-0.4, -0.2) is 86.1 Å². The number of rotatable bonds is 5. The number of carbonyl (C=O) groups excluding carboxylic acids is 1. The fourth-order valence-corrected chi connectivity index (χ4v) is 3.90. The largest absolute Gasteiger partial charge is 0.481 e. The van der Waals surface area contributed by atoms with Gasteiger partial charge in [-0.1, -0.05) is 5.16 Å². The number of anilines is 2. The van der Waals surface area contributed by atoms with Crippen molar-refractivity contribution in [3.8, 4) is 0 Å². The molecule has 0 aromatic carbocycles. The van der Waals surface area contributed by atoms with Gasteiger partial charge in [-0.3, -0.25) is 14.1 Å². The summed E-state index contributed by atoms with van der Waals surface area (Å²) >= 11 is 0. The molecule has 2 atom stereocenters. The lowest BCUT2D eigenvalue weighted by atomic mass is 9.93. The number of halogens is 1. The third-order valence-electron chi connectivity index (χ3n) is 5.51. The molecule has 1 aliphatic carbocycles. The summed E-state index contributed by atoms with van der Waals surface area (Å²) in [6, 6.07) is 1.26. The zero-order chi connectivity index (χ0) is 24.5. The van der Waals surface area contributed by atoms with E-state index < -0.39 is 33.6 Å². The minimum atomic E-state index is -3.67. The normalized spacial score (nSPS) is 23.8. The number of aromatic nitrogens is 1. The van der Waals surface area contributed by atoms with E-state index in [1.165, 1.54) is 7.11 Å². The van der Waals surface area contributed by atoms with Crippen LogP contribution >= 0.6 is 0 Å². The number of hydrogen-bond donors (Lipinski definition) is 3. The molecule has 2 unspecified atom stereocenters. The van der Waals surface area contributed by atoms with Gasteiger partial charge in [0.25, 0.3) is 10.1 Å². The van der Waals surface area contributed by atoms with Gasteiger partial charge in [0.05, 0.1) is 24.1 Å². The van der Waals surface area contributed by atoms with Crippen molar-refractivity contribution in [2.45, 2.75) is 18.9 Å². The smallest absolute Gasteiger partial charge is 0.316 e. The van der Waals surface area contributed by atoms with E-state index in [4.69, 9.17) is 15.1 Å². The Morgan fingerprint density at radius 2 is 2.00 bits per heavy atom. The summed E-state index contributed by atoms with van der Waals surface area (Å²) in [5.74, 6) is -3.25. The Hall–Kier alpha value is -2.84. The lowest BCUT2D eigenvalue weighted by molar-refractivity contribution is -0.139. The molecule has 0 radical (unpaired) electrons. The summed E-state index contributed by atoms with van der Waals surface area (Å²) in [5, 5.41) is 13.4. The Balaban J connectivity index is 0.000000555. The van der Waals surface area contributed by atoms with Gasteiger partial charge < -0.3 is 25.5 Å². The van der Waals surface area contributed by atoms with Crippen LogP contribution in [0.3, 0.4) is 0 Å². The zero-order valence-electron chi connectivity index (χ0n) is 18.1. The number of carboxylic acid groups (broad SMARTS) is 1. The SMILES string of the molecule is CO/N=C1\CN(c2nc3c(cc2F)C(=O)C(C(=O)O)CN3C2CC2)CC1CN.CS(=O)(=O)O. The van der Waals surface area contributed by atoms with Crippen molar-refractivity contribution >= 4 is 39.2 Å². The Morgan fingerprint density at radius 1 is 1.36 bits per heavy atom. The molecule has 0 bridgehead atoms. The van der Waals surface area contributed by atoms with Crippen molar-refractivity contribution in [3.05, 3.63) is 17.4 Å². The number of nitrogens with zero attached hydrogens (tertiary/aromatic N) is 4. The summed E-state index contributed by atoms with van der Waals surface area (Å²) in [6.45, 7) is 1.17. The average Bonchev–Trinajstić information content (AvgIpc) is 3.47. The van der Waals surface area contributed by atoms with Crippen molar-refractivity contribution in [3.63, 3.8) is 0 Å². The number of nitrogens with two attached hydrogens (primary N) is 1. The first-order valence-corrected chi connectivity index (χ1v) is 12.0. The number of fused-ring (bicyclic) bond motifs is 1. The van der Waals surface area contributed by atoms with Crippen molar-refractivity contribution in [1.82, 2.24) is 4.98 Å². The van der Waals surface area contributed by atoms with E-state index in [1.54, 1.807) is 4.90 Å². The molecule has 1 saturated carbocycles. The zero-order valence-corrected chi connectivity index (χ0v) is 19.0. The van der Waals surface area contributed by atoms with Crippen LogP contribution in [0.25, 0.3) is 0 Å². The molecule has 33 heavy (non-hydrogen) atoms. The Kier molecular flexibility index (Phi) is 7.19. The minimum absolute atomic E-state index is 0.0344. The van der Waals surface area contributed by atoms with Crippen LogP contribution in [0.5, 0.6) is 0 Å². The number of Topliss-reactive ketones (excluding diaryl/α,β-unsaturated/α-hetero) is 1. The molecule has 12 nitrogen and oxygen atoms in total. The summed E-state index contributed by atoms with van der Waals surface area (Å²) < 4.78 is 40.8. The van der Waals surface area contributed by atoms with Gasteiger partial charge >= 0.3 is 5.97 Å². The van der Waals surface area contributed by atoms with Crippen molar-refractivity contribution in [2.24, 2.45) is 22.7 Å². The van der Waals surface area contributed by atoms with Gasteiger partial charge in [-0.25, -0.2) is 9.37 Å². The summed E-state index contributed by atoms with van der Waals surface area (Å²) in [6.07, 6.45) is 2.52.